The molecule has 3 atom stereocenters. The first-order chi connectivity index (χ1) is 6.50. The van der Waals surface area contributed by atoms with E-state index in [4.69, 9.17) is 9.84 Å². The Morgan fingerprint density at radius 1 is 1.71 bits per heavy atom. The maximum Gasteiger partial charge on any atom is 0.306 e. The van der Waals surface area contributed by atoms with Gasteiger partial charge >= 0.3 is 11.9 Å². The third kappa shape index (κ3) is 2.72. The number of cyclic esters (lactones) is 1. The highest BCUT2D eigenvalue weighted by atomic mass is 16.5. The summed E-state index contributed by atoms with van der Waals surface area (Å²) in [6.07, 6.45) is 1.15. The number of carboxylic acids is 1. The van der Waals surface area contributed by atoms with Gasteiger partial charge in [-0.2, -0.15) is 0 Å². The van der Waals surface area contributed by atoms with Crippen molar-refractivity contribution < 1.29 is 19.4 Å². The summed E-state index contributed by atoms with van der Waals surface area (Å²) in [6.45, 7) is 3.85. The van der Waals surface area contributed by atoms with E-state index in [1.165, 1.54) is 0 Å². The minimum atomic E-state index is -0.783. The van der Waals surface area contributed by atoms with Gasteiger partial charge in [0.1, 0.15) is 6.10 Å². The predicted molar refractivity (Wildman–Crippen MR) is 49.7 cm³/mol. The second-order valence-electron chi connectivity index (χ2n) is 3.97. The summed E-state index contributed by atoms with van der Waals surface area (Å²) in [5.41, 5.74) is 0. The highest BCUT2D eigenvalue weighted by Crippen LogP contribution is 2.31. The van der Waals surface area contributed by atoms with E-state index < -0.39 is 5.97 Å². The van der Waals surface area contributed by atoms with Crippen LogP contribution in [-0.2, 0) is 14.3 Å². The summed E-state index contributed by atoms with van der Waals surface area (Å²) >= 11 is 0. The standard InChI is InChI=1S/C10H16O4/c1-6(3-4-9(11)12)8-5-10(13)14-7(8)2/h6-8H,3-5H2,1-2H3,(H,11,12). The molecule has 0 aromatic rings. The maximum absolute atomic E-state index is 11.0. The molecule has 1 aliphatic rings. The van der Waals surface area contributed by atoms with Crippen LogP contribution in [0.5, 0.6) is 0 Å². The Labute approximate surface area is 83.2 Å². The van der Waals surface area contributed by atoms with E-state index in [2.05, 4.69) is 0 Å². The van der Waals surface area contributed by atoms with Gasteiger partial charge in [-0.25, -0.2) is 0 Å². The number of aliphatic carboxylic acids is 1. The lowest BCUT2D eigenvalue weighted by Crippen LogP contribution is -2.20. The van der Waals surface area contributed by atoms with E-state index >= 15 is 0 Å². The average Bonchev–Trinajstić information content (AvgIpc) is 2.41. The number of hydrogen-bond donors (Lipinski definition) is 1. The smallest absolute Gasteiger partial charge is 0.306 e. The summed E-state index contributed by atoms with van der Waals surface area (Å²) in [5, 5.41) is 8.52. The molecule has 4 nitrogen and oxygen atoms in total. The zero-order valence-corrected chi connectivity index (χ0v) is 8.53. The number of carbonyl (C=O) groups excluding carboxylic acids is 1. The van der Waals surface area contributed by atoms with Crippen LogP contribution < -0.4 is 0 Å². The Kier molecular flexibility index (Phi) is 3.49. The zero-order valence-electron chi connectivity index (χ0n) is 8.53. The van der Waals surface area contributed by atoms with Gasteiger partial charge in [-0.15, -0.1) is 0 Å². The second-order valence-corrected chi connectivity index (χ2v) is 3.97. The molecule has 0 spiro atoms. The van der Waals surface area contributed by atoms with Gasteiger partial charge in [-0.05, 0) is 19.3 Å². The Hall–Kier alpha value is -1.06. The lowest BCUT2D eigenvalue weighted by molar-refractivity contribution is -0.141. The van der Waals surface area contributed by atoms with Gasteiger partial charge in [0.05, 0.1) is 6.42 Å². The summed E-state index contributed by atoms with van der Waals surface area (Å²) < 4.78 is 5.02. The number of hydrogen-bond acceptors (Lipinski definition) is 3. The second kappa shape index (κ2) is 4.44. The van der Waals surface area contributed by atoms with Crippen molar-refractivity contribution in [3.63, 3.8) is 0 Å². The van der Waals surface area contributed by atoms with Crippen LogP contribution in [0.2, 0.25) is 0 Å². The fraction of sp³-hybridized carbons (Fsp3) is 0.800. The molecule has 1 N–H and O–H groups in total. The van der Waals surface area contributed by atoms with Crippen molar-refractivity contribution in [3.05, 3.63) is 0 Å². The molecule has 0 bridgehead atoms. The zero-order chi connectivity index (χ0) is 10.7. The normalized spacial score (nSPS) is 28.6. The van der Waals surface area contributed by atoms with Gasteiger partial charge in [0.2, 0.25) is 0 Å². The fourth-order valence-electron chi connectivity index (χ4n) is 1.93. The lowest BCUT2D eigenvalue weighted by atomic mass is 9.85. The molecule has 0 aliphatic carbocycles. The van der Waals surface area contributed by atoms with Crippen LogP contribution in [0.1, 0.15) is 33.1 Å². The molecule has 0 aromatic heterocycles. The number of carboxylic acid groups (broad SMARTS) is 1. The average molecular weight is 200 g/mol. The molecular formula is C10H16O4. The SMILES string of the molecule is CC(CCC(=O)O)C1CC(=O)OC1C. The van der Waals surface area contributed by atoms with Gasteiger partial charge in [0.25, 0.3) is 0 Å². The first-order valence-electron chi connectivity index (χ1n) is 4.92. The summed E-state index contributed by atoms with van der Waals surface area (Å²) in [5.74, 6) is -0.534. The number of rotatable bonds is 4. The van der Waals surface area contributed by atoms with Gasteiger partial charge < -0.3 is 9.84 Å². The first-order valence-corrected chi connectivity index (χ1v) is 4.92. The molecule has 1 aliphatic heterocycles. The van der Waals surface area contributed by atoms with E-state index in [0.29, 0.717) is 12.8 Å². The maximum atomic E-state index is 11.0. The molecule has 1 saturated heterocycles. The summed E-state index contributed by atoms with van der Waals surface area (Å²) in [4.78, 5) is 21.3. The molecule has 80 valence electrons. The fourth-order valence-corrected chi connectivity index (χ4v) is 1.93. The van der Waals surface area contributed by atoms with Crippen LogP contribution in [-0.4, -0.2) is 23.1 Å². The van der Waals surface area contributed by atoms with Crippen LogP contribution >= 0.6 is 0 Å². The van der Waals surface area contributed by atoms with E-state index in [-0.39, 0.29) is 30.3 Å². The minimum absolute atomic E-state index is 0.0636. The number of ether oxygens (including phenoxy) is 1. The molecule has 14 heavy (non-hydrogen) atoms. The first kappa shape index (κ1) is 11.0. The number of esters is 1. The molecule has 3 unspecified atom stereocenters. The van der Waals surface area contributed by atoms with Crippen LogP contribution in [0.25, 0.3) is 0 Å². The molecule has 1 fully saturated rings. The van der Waals surface area contributed by atoms with Crippen molar-refractivity contribution in [2.24, 2.45) is 11.8 Å². The Balaban J connectivity index is 2.40. The lowest BCUT2D eigenvalue weighted by Gasteiger charge is -2.19. The van der Waals surface area contributed by atoms with Gasteiger partial charge in [0.15, 0.2) is 0 Å². The van der Waals surface area contributed by atoms with Crippen LogP contribution in [0.3, 0.4) is 0 Å². The van der Waals surface area contributed by atoms with E-state index in [0.717, 1.165) is 0 Å². The third-order valence-corrected chi connectivity index (χ3v) is 2.87. The third-order valence-electron chi connectivity index (χ3n) is 2.87. The molecule has 1 heterocycles. The monoisotopic (exact) mass is 200 g/mol. The molecule has 0 radical (unpaired) electrons. The minimum Gasteiger partial charge on any atom is -0.481 e. The predicted octanol–water partition coefficient (Wildman–Crippen LogP) is 1.44. The van der Waals surface area contributed by atoms with E-state index in [1.807, 2.05) is 13.8 Å². The van der Waals surface area contributed by atoms with Crippen molar-refractivity contribution in [2.75, 3.05) is 0 Å². The highest BCUT2D eigenvalue weighted by molar-refractivity contribution is 5.72. The van der Waals surface area contributed by atoms with Gasteiger partial charge in [0, 0.05) is 12.3 Å². The molecule has 4 heteroatoms. The summed E-state index contributed by atoms with van der Waals surface area (Å²) in [7, 11) is 0. The van der Waals surface area contributed by atoms with Crippen molar-refractivity contribution in [1.82, 2.24) is 0 Å². The Morgan fingerprint density at radius 2 is 2.36 bits per heavy atom. The summed E-state index contributed by atoms with van der Waals surface area (Å²) in [6, 6.07) is 0. The number of carbonyl (C=O) groups is 2. The molecule has 1 rings (SSSR count). The van der Waals surface area contributed by atoms with Gasteiger partial charge in [-0.1, -0.05) is 6.92 Å². The van der Waals surface area contributed by atoms with Crippen molar-refractivity contribution in [2.45, 2.75) is 39.2 Å². The molecular weight excluding hydrogens is 184 g/mol. The van der Waals surface area contributed by atoms with Crippen molar-refractivity contribution >= 4 is 11.9 Å². The topological polar surface area (TPSA) is 63.6 Å². The van der Waals surface area contributed by atoms with Crippen LogP contribution in [0, 0.1) is 11.8 Å². The van der Waals surface area contributed by atoms with Crippen LogP contribution in [0.4, 0.5) is 0 Å². The van der Waals surface area contributed by atoms with E-state index in [9.17, 15) is 9.59 Å². The Bertz CT molecular complexity index is 236. The molecule has 0 amide bonds. The van der Waals surface area contributed by atoms with Crippen molar-refractivity contribution in [3.8, 4) is 0 Å². The Morgan fingerprint density at radius 3 is 2.79 bits per heavy atom. The highest BCUT2D eigenvalue weighted by Gasteiger charge is 2.34. The molecule has 0 aromatic carbocycles. The van der Waals surface area contributed by atoms with Crippen LogP contribution in [0.15, 0.2) is 0 Å². The van der Waals surface area contributed by atoms with E-state index in [1.54, 1.807) is 0 Å². The quantitative estimate of drug-likeness (QED) is 0.697. The molecule has 0 saturated carbocycles. The van der Waals surface area contributed by atoms with Crippen molar-refractivity contribution in [1.29, 1.82) is 0 Å². The largest absolute Gasteiger partial charge is 0.481 e. The van der Waals surface area contributed by atoms with Gasteiger partial charge in [-0.3, -0.25) is 9.59 Å².